The maximum Gasteiger partial charge on any atom is 0.227 e. The van der Waals surface area contributed by atoms with Gasteiger partial charge in [0.15, 0.2) is 0 Å². The van der Waals surface area contributed by atoms with Gasteiger partial charge < -0.3 is 14.8 Å². The lowest BCUT2D eigenvalue weighted by Crippen LogP contribution is -2.41. The van der Waals surface area contributed by atoms with Gasteiger partial charge in [0.2, 0.25) is 11.8 Å². The van der Waals surface area contributed by atoms with Crippen LogP contribution < -0.4 is 5.32 Å². The molecule has 0 aliphatic heterocycles. The van der Waals surface area contributed by atoms with E-state index in [-0.39, 0.29) is 30.9 Å². The zero-order valence-corrected chi connectivity index (χ0v) is 14.8. The second-order valence-corrected chi connectivity index (χ2v) is 7.25. The summed E-state index contributed by atoms with van der Waals surface area (Å²) in [6.45, 7) is 1.98. The zero-order valence-electron chi connectivity index (χ0n) is 14.0. The summed E-state index contributed by atoms with van der Waals surface area (Å²) in [5.41, 5.74) is 1.63. The van der Waals surface area contributed by atoms with E-state index in [9.17, 15) is 9.90 Å². The van der Waals surface area contributed by atoms with Crippen molar-refractivity contribution in [2.75, 3.05) is 6.61 Å². The predicted octanol–water partition coefficient (Wildman–Crippen LogP) is 3.31. The van der Waals surface area contributed by atoms with Crippen LogP contribution in [0.5, 0.6) is 0 Å². The highest BCUT2D eigenvalue weighted by atomic mass is 32.1. The molecule has 130 valence electrons. The second-order valence-electron chi connectivity index (χ2n) is 6.47. The lowest BCUT2D eigenvalue weighted by Gasteiger charge is -2.24. The molecular weight excluding hydrogens is 324 g/mol. The Morgan fingerprint density at radius 3 is 3.00 bits per heavy atom. The lowest BCUT2D eigenvalue weighted by molar-refractivity contribution is -0.121. The summed E-state index contributed by atoms with van der Waals surface area (Å²) >= 11 is 1.59. The molecule has 0 saturated heterocycles. The fraction of sp³-hybridized carbons (Fsp3) is 0.556. The Morgan fingerprint density at radius 1 is 1.42 bits per heavy atom. The van der Waals surface area contributed by atoms with Crippen LogP contribution in [0.2, 0.25) is 0 Å². The van der Waals surface area contributed by atoms with E-state index in [1.807, 2.05) is 23.8 Å². The Bertz CT molecular complexity index is 666. The molecule has 2 atom stereocenters. The van der Waals surface area contributed by atoms with Crippen LogP contribution in [0.1, 0.15) is 43.6 Å². The molecule has 0 bridgehead atoms. The summed E-state index contributed by atoms with van der Waals surface area (Å²) in [6, 6.07) is 2.02. The van der Waals surface area contributed by atoms with E-state index >= 15 is 0 Å². The summed E-state index contributed by atoms with van der Waals surface area (Å²) in [7, 11) is 0. The van der Waals surface area contributed by atoms with Crippen molar-refractivity contribution in [1.29, 1.82) is 0 Å². The summed E-state index contributed by atoms with van der Waals surface area (Å²) < 4.78 is 5.69. The Hall–Kier alpha value is -1.66. The highest BCUT2D eigenvalue weighted by molar-refractivity contribution is 7.08. The molecule has 1 aliphatic carbocycles. The minimum absolute atomic E-state index is 0.0476. The third kappa shape index (κ3) is 4.05. The monoisotopic (exact) mass is 348 g/mol. The van der Waals surface area contributed by atoms with Crippen LogP contribution in [0.3, 0.4) is 0 Å². The number of thiophene rings is 1. The molecule has 2 N–H and O–H groups in total. The predicted molar refractivity (Wildman–Crippen MR) is 93.8 cm³/mol. The number of aliphatic hydroxyl groups is 1. The smallest absolute Gasteiger partial charge is 0.227 e. The number of carbonyl (C=O) groups excluding carboxylic acids is 1. The molecule has 0 spiro atoms. The van der Waals surface area contributed by atoms with Crippen LogP contribution in [-0.2, 0) is 11.2 Å². The van der Waals surface area contributed by atoms with E-state index < -0.39 is 0 Å². The number of nitrogens with zero attached hydrogens (tertiary/aromatic N) is 1. The fourth-order valence-electron chi connectivity index (χ4n) is 3.30. The Balaban J connectivity index is 1.64. The fourth-order valence-corrected chi connectivity index (χ4v) is 3.93. The quantitative estimate of drug-likeness (QED) is 0.813. The third-order valence-corrected chi connectivity index (χ3v) is 5.41. The highest BCUT2D eigenvalue weighted by Crippen LogP contribution is 2.25. The Labute approximate surface area is 146 Å². The van der Waals surface area contributed by atoms with E-state index in [4.69, 9.17) is 4.42 Å². The van der Waals surface area contributed by atoms with Gasteiger partial charge in [-0.3, -0.25) is 4.79 Å². The normalized spacial score (nSPS) is 21.4. The first-order valence-electron chi connectivity index (χ1n) is 8.56. The van der Waals surface area contributed by atoms with Crippen molar-refractivity contribution in [3.63, 3.8) is 0 Å². The average Bonchev–Trinajstić information content (AvgIpc) is 3.15. The van der Waals surface area contributed by atoms with Crippen molar-refractivity contribution in [2.45, 2.75) is 51.5 Å². The number of carbonyl (C=O) groups is 1. The SMILES string of the molecule is Cc1oc(-c2ccsc2)nc1CC(=O)NC1CCCCCC1CO. The number of hydrogen-bond donors (Lipinski definition) is 2. The molecule has 2 heterocycles. The van der Waals surface area contributed by atoms with Gasteiger partial charge >= 0.3 is 0 Å². The van der Waals surface area contributed by atoms with Crippen molar-refractivity contribution in [3.8, 4) is 11.5 Å². The minimum atomic E-state index is -0.0476. The zero-order chi connectivity index (χ0) is 16.9. The van der Waals surface area contributed by atoms with E-state index in [1.165, 1.54) is 6.42 Å². The van der Waals surface area contributed by atoms with Crippen molar-refractivity contribution in [3.05, 3.63) is 28.3 Å². The first-order chi connectivity index (χ1) is 11.7. The Morgan fingerprint density at radius 2 is 2.25 bits per heavy atom. The summed E-state index contributed by atoms with van der Waals surface area (Å²) in [6.07, 6.45) is 5.54. The molecular formula is C18H24N2O3S. The molecule has 3 rings (SSSR count). The molecule has 24 heavy (non-hydrogen) atoms. The number of oxazole rings is 1. The van der Waals surface area contributed by atoms with Gasteiger partial charge in [0.05, 0.1) is 12.1 Å². The van der Waals surface area contributed by atoms with E-state index in [2.05, 4.69) is 10.3 Å². The highest BCUT2D eigenvalue weighted by Gasteiger charge is 2.25. The van der Waals surface area contributed by atoms with Crippen LogP contribution in [0.15, 0.2) is 21.2 Å². The lowest BCUT2D eigenvalue weighted by atomic mass is 9.95. The maximum absolute atomic E-state index is 12.4. The summed E-state index contributed by atoms with van der Waals surface area (Å²) in [4.78, 5) is 16.9. The van der Waals surface area contributed by atoms with Gasteiger partial charge in [-0.15, -0.1) is 0 Å². The van der Waals surface area contributed by atoms with Crippen LogP contribution in [0, 0.1) is 12.8 Å². The molecule has 0 radical (unpaired) electrons. The third-order valence-electron chi connectivity index (χ3n) is 4.73. The summed E-state index contributed by atoms with van der Waals surface area (Å²) in [5.74, 6) is 1.37. The van der Waals surface area contributed by atoms with Crippen molar-refractivity contribution < 1.29 is 14.3 Å². The number of amides is 1. The molecule has 2 aromatic rings. The standard InChI is InChI=1S/C18H24N2O3S/c1-12-16(20-18(23-12)14-7-8-24-11-14)9-17(22)19-15-6-4-2-3-5-13(15)10-21/h7-8,11,13,15,21H,2-6,9-10H2,1H3,(H,19,22). The molecule has 2 aromatic heterocycles. The van der Waals surface area contributed by atoms with Crippen LogP contribution in [0.25, 0.3) is 11.5 Å². The van der Waals surface area contributed by atoms with Gasteiger partial charge in [0.1, 0.15) is 5.76 Å². The van der Waals surface area contributed by atoms with Gasteiger partial charge in [-0.05, 0) is 31.2 Å². The van der Waals surface area contributed by atoms with Gasteiger partial charge in [-0.25, -0.2) is 4.98 Å². The number of aromatic nitrogens is 1. The van der Waals surface area contributed by atoms with Gasteiger partial charge in [0, 0.05) is 29.5 Å². The van der Waals surface area contributed by atoms with Gasteiger partial charge in [-0.2, -0.15) is 11.3 Å². The molecule has 0 aromatic carbocycles. The van der Waals surface area contributed by atoms with Crippen LogP contribution >= 0.6 is 11.3 Å². The number of aliphatic hydroxyl groups excluding tert-OH is 1. The number of aryl methyl sites for hydroxylation is 1. The molecule has 2 unspecified atom stereocenters. The number of nitrogens with one attached hydrogen (secondary N) is 1. The average molecular weight is 348 g/mol. The maximum atomic E-state index is 12.4. The second kappa shape index (κ2) is 7.94. The van der Waals surface area contributed by atoms with Crippen molar-refractivity contribution in [1.82, 2.24) is 10.3 Å². The van der Waals surface area contributed by atoms with Crippen molar-refractivity contribution in [2.24, 2.45) is 5.92 Å². The molecule has 5 nitrogen and oxygen atoms in total. The molecule has 1 amide bonds. The first kappa shape index (κ1) is 17.2. The van der Waals surface area contributed by atoms with Crippen LogP contribution in [0.4, 0.5) is 0 Å². The van der Waals surface area contributed by atoms with E-state index in [0.29, 0.717) is 17.3 Å². The molecule has 1 saturated carbocycles. The van der Waals surface area contributed by atoms with Gasteiger partial charge in [-0.1, -0.05) is 19.3 Å². The molecule has 1 aliphatic rings. The number of rotatable bonds is 5. The van der Waals surface area contributed by atoms with E-state index in [1.54, 1.807) is 11.3 Å². The number of hydrogen-bond acceptors (Lipinski definition) is 5. The largest absolute Gasteiger partial charge is 0.441 e. The van der Waals surface area contributed by atoms with Crippen LogP contribution in [-0.4, -0.2) is 28.6 Å². The minimum Gasteiger partial charge on any atom is -0.441 e. The van der Waals surface area contributed by atoms with Crippen molar-refractivity contribution >= 4 is 17.2 Å². The van der Waals surface area contributed by atoms with E-state index in [0.717, 1.165) is 31.2 Å². The molecule has 1 fully saturated rings. The molecule has 6 heteroatoms. The summed E-state index contributed by atoms with van der Waals surface area (Å²) in [5, 5.41) is 16.6. The Kier molecular flexibility index (Phi) is 5.68. The van der Waals surface area contributed by atoms with Gasteiger partial charge in [0.25, 0.3) is 0 Å². The topological polar surface area (TPSA) is 75.4 Å². The first-order valence-corrected chi connectivity index (χ1v) is 9.50.